The zero-order chi connectivity index (χ0) is 11.5. The summed E-state index contributed by atoms with van der Waals surface area (Å²) in [4.78, 5) is 2.52. The van der Waals surface area contributed by atoms with Gasteiger partial charge < -0.3 is 4.90 Å². The minimum absolute atomic E-state index is 0.543. The molecule has 1 aromatic rings. The van der Waals surface area contributed by atoms with Gasteiger partial charge in [-0.15, -0.1) is 0 Å². The Morgan fingerprint density at radius 3 is 3.00 bits per heavy atom. The molecule has 88 valence electrons. The largest absolute Gasteiger partial charge is 0.300 e. The summed E-state index contributed by atoms with van der Waals surface area (Å²) in [6, 6.07) is 2.73. The topological polar surface area (TPSA) is 29.0 Å². The first-order chi connectivity index (χ1) is 7.66. The van der Waals surface area contributed by atoms with Gasteiger partial charge in [0.1, 0.15) is 0 Å². The summed E-state index contributed by atoms with van der Waals surface area (Å²) in [5, 5.41) is 8.26. The lowest BCUT2D eigenvalue weighted by molar-refractivity contribution is 0.166. The van der Waals surface area contributed by atoms with Gasteiger partial charge in [-0.3, -0.25) is 0 Å². The average Bonchev–Trinajstić information content (AvgIpc) is 2.29. The van der Waals surface area contributed by atoms with Crippen molar-refractivity contribution in [3.8, 4) is 0 Å². The number of hydrogen-bond donors (Lipinski definition) is 0. The lowest BCUT2D eigenvalue weighted by atomic mass is 9.94. The van der Waals surface area contributed by atoms with Crippen LogP contribution >= 0.6 is 15.9 Å². The Kier molecular flexibility index (Phi) is 3.92. The van der Waals surface area contributed by atoms with Gasteiger partial charge in [-0.25, -0.2) is 0 Å². The average molecular weight is 284 g/mol. The van der Waals surface area contributed by atoms with Crippen LogP contribution in [0.4, 0.5) is 0 Å². The summed E-state index contributed by atoms with van der Waals surface area (Å²) in [5.41, 5.74) is 1.12. The molecule has 16 heavy (non-hydrogen) atoms. The van der Waals surface area contributed by atoms with Crippen molar-refractivity contribution in [1.82, 2.24) is 15.1 Å². The van der Waals surface area contributed by atoms with Gasteiger partial charge in [0, 0.05) is 23.0 Å². The van der Waals surface area contributed by atoms with Crippen LogP contribution in [0.25, 0.3) is 0 Å². The van der Waals surface area contributed by atoms with Gasteiger partial charge in [0.05, 0.1) is 11.9 Å². The van der Waals surface area contributed by atoms with Gasteiger partial charge in [0.25, 0.3) is 0 Å². The minimum atomic E-state index is 0.543. The van der Waals surface area contributed by atoms with E-state index in [9.17, 15) is 0 Å². The van der Waals surface area contributed by atoms with Crippen LogP contribution in [0.5, 0.6) is 0 Å². The van der Waals surface area contributed by atoms with Gasteiger partial charge in [0.15, 0.2) is 0 Å². The molecular formula is C12H18BrN3. The predicted molar refractivity (Wildman–Crippen MR) is 68.4 cm³/mol. The van der Waals surface area contributed by atoms with Crippen molar-refractivity contribution in [2.75, 3.05) is 13.1 Å². The Bertz CT molecular complexity index is 354. The minimum Gasteiger partial charge on any atom is -0.300 e. The van der Waals surface area contributed by atoms with Gasteiger partial charge in [0.2, 0.25) is 0 Å². The van der Waals surface area contributed by atoms with E-state index >= 15 is 0 Å². The van der Waals surface area contributed by atoms with E-state index in [0.717, 1.165) is 16.7 Å². The van der Waals surface area contributed by atoms with Crippen molar-refractivity contribution in [2.24, 2.45) is 0 Å². The molecule has 0 aromatic carbocycles. The standard InChI is InChI=1S/C12H18BrN3/c1-9(2)16-5-3-4-10(8-16)12-6-11(13)7-14-15-12/h6-7,9-10H,3-5,8H2,1-2H3. The molecule has 1 unspecified atom stereocenters. The highest BCUT2D eigenvalue weighted by Gasteiger charge is 2.24. The van der Waals surface area contributed by atoms with Gasteiger partial charge in [-0.05, 0) is 55.2 Å². The molecule has 0 N–H and O–H groups in total. The summed E-state index contributed by atoms with van der Waals surface area (Å²) in [7, 11) is 0. The molecule has 1 fully saturated rings. The number of likely N-dealkylation sites (tertiary alicyclic amines) is 1. The fourth-order valence-corrected chi connectivity index (χ4v) is 2.60. The molecule has 1 aliphatic heterocycles. The number of piperidine rings is 1. The normalized spacial score (nSPS) is 22.6. The SMILES string of the molecule is CC(C)N1CCCC(c2cc(Br)cnn2)C1. The molecule has 0 amide bonds. The van der Waals surface area contributed by atoms with Crippen molar-refractivity contribution in [3.05, 3.63) is 22.4 Å². The molecule has 3 nitrogen and oxygen atoms in total. The molecule has 1 aromatic heterocycles. The molecule has 4 heteroatoms. The summed E-state index contributed by atoms with van der Waals surface area (Å²) < 4.78 is 1.03. The van der Waals surface area contributed by atoms with Crippen LogP contribution in [0.1, 0.15) is 38.3 Å². The predicted octanol–water partition coefficient (Wildman–Crippen LogP) is 2.83. The van der Waals surface area contributed by atoms with Gasteiger partial charge in [-0.2, -0.15) is 10.2 Å². The van der Waals surface area contributed by atoms with Gasteiger partial charge >= 0.3 is 0 Å². The molecule has 2 heterocycles. The van der Waals surface area contributed by atoms with Crippen LogP contribution in [0, 0.1) is 0 Å². The highest BCUT2D eigenvalue weighted by Crippen LogP contribution is 2.27. The van der Waals surface area contributed by atoms with E-state index < -0.39 is 0 Å². The molecule has 0 aliphatic carbocycles. The Labute approximate surface area is 105 Å². The first-order valence-corrected chi connectivity index (χ1v) is 6.68. The van der Waals surface area contributed by atoms with Crippen LogP contribution in [0.15, 0.2) is 16.7 Å². The highest BCUT2D eigenvalue weighted by atomic mass is 79.9. The van der Waals surface area contributed by atoms with Crippen LogP contribution in [-0.4, -0.2) is 34.2 Å². The Hall–Kier alpha value is -0.480. The van der Waals surface area contributed by atoms with Crippen LogP contribution in [0.3, 0.4) is 0 Å². The second-order valence-corrected chi connectivity index (χ2v) is 5.64. The second-order valence-electron chi connectivity index (χ2n) is 4.73. The quantitative estimate of drug-likeness (QED) is 0.836. The number of halogens is 1. The van der Waals surface area contributed by atoms with Crippen LogP contribution in [-0.2, 0) is 0 Å². The van der Waals surface area contributed by atoms with E-state index in [0.29, 0.717) is 12.0 Å². The molecule has 0 spiro atoms. The van der Waals surface area contributed by atoms with Crippen molar-refractivity contribution >= 4 is 15.9 Å². The zero-order valence-electron chi connectivity index (χ0n) is 9.86. The number of nitrogens with zero attached hydrogens (tertiary/aromatic N) is 3. The highest BCUT2D eigenvalue weighted by molar-refractivity contribution is 9.10. The Balaban J connectivity index is 2.09. The summed E-state index contributed by atoms with van der Waals surface area (Å²) in [6.07, 6.45) is 4.23. The Morgan fingerprint density at radius 2 is 2.31 bits per heavy atom. The van der Waals surface area contributed by atoms with Crippen molar-refractivity contribution in [3.63, 3.8) is 0 Å². The molecule has 1 saturated heterocycles. The summed E-state index contributed by atoms with van der Waals surface area (Å²) >= 11 is 3.46. The van der Waals surface area contributed by atoms with E-state index in [1.54, 1.807) is 6.20 Å². The van der Waals surface area contributed by atoms with E-state index in [1.165, 1.54) is 19.4 Å². The maximum Gasteiger partial charge on any atom is 0.0686 e. The van der Waals surface area contributed by atoms with E-state index in [1.807, 2.05) is 0 Å². The van der Waals surface area contributed by atoms with Gasteiger partial charge in [-0.1, -0.05) is 0 Å². The molecule has 1 aliphatic rings. The third-order valence-electron chi connectivity index (χ3n) is 3.24. The molecule has 0 radical (unpaired) electrons. The van der Waals surface area contributed by atoms with E-state index in [2.05, 4.69) is 50.9 Å². The van der Waals surface area contributed by atoms with Crippen molar-refractivity contribution in [2.45, 2.75) is 38.6 Å². The van der Waals surface area contributed by atoms with E-state index in [-0.39, 0.29) is 0 Å². The maximum absolute atomic E-state index is 4.25. The third kappa shape index (κ3) is 2.80. The van der Waals surface area contributed by atoms with E-state index in [4.69, 9.17) is 0 Å². The van der Waals surface area contributed by atoms with Crippen LogP contribution in [0.2, 0.25) is 0 Å². The maximum atomic E-state index is 4.25. The zero-order valence-corrected chi connectivity index (χ0v) is 11.4. The molecule has 1 atom stereocenters. The number of hydrogen-bond acceptors (Lipinski definition) is 3. The fourth-order valence-electron chi connectivity index (χ4n) is 2.27. The molecule has 2 rings (SSSR count). The monoisotopic (exact) mass is 283 g/mol. The number of aromatic nitrogens is 2. The second kappa shape index (κ2) is 5.23. The third-order valence-corrected chi connectivity index (χ3v) is 3.68. The lowest BCUT2D eigenvalue weighted by Crippen LogP contribution is -2.39. The first-order valence-electron chi connectivity index (χ1n) is 5.89. The smallest absolute Gasteiger partial charge is 0.0686 e. The Morgan fingerprint density at radius 1 is 1.50 bits per heavy atom. The van der Waals surface area contributed by atoms with Crippen molar-refractivity contribution < 1.29 is 0 Å². The first kappa shape index (κ1) is 12.0. The fraction of sp³-hybridized carbons (Fsp3) is 0.667. The molecular weight excluding hydrogens is 266 g/mol. The van der Waals surface area contributed by atoms with Crippen molar-refractivity contribution in [1.29, 1.82) is 0 Å². The van der Waals surface area contributed by atoms with Crippen LogP contribution < -0.4 is 0 Å². The molecule has 0 bridgehead atoms. The summed E-state index contributed by atoms with van der Waals surface area (Å²) in [6.45, 7) is 6.85. The molecule has 0 saturated carbocycles. The number of rotatable bonds is 2. The lowest BCUT2D eigenvalue weighted by Gasteiger charge is -2.35. The summed E-state index contributed by atoms with van der Waals surface area (Å²) in [5.74, 6) is 0.543.